The summed E-state index contributed by atoms with van der Waals surface area (Å²) in [5, 5.41) is 9.49. The smallest absolute Gasteiger partial charge is 0.308 e. The number of aliphatic hydroxyl groups excluding tert-OH is 1. The van der Waals surface area contributed by atoms with Crippen molar-refractivity contribution in [2.24, 2.45) is 11.8 Å². The van der Waals surface area contributed by atoms with E-state index in [9.17, 15) is 14.7 Å². The molecule has 5 nitrogen and oxygen atoms in total. The highest BCUT2D eigenvalue weighted by atomic mass is 16.6. The van der Waals surface area contributed by atoms with E-state index in [0.29, 0.717) is 0 Å². The van der Waals surface area contributed by atoms with Crippen LogP contribution in [0.15, 0.2) is 0 Å². The summed E-state index contributed by atoms with van der Waals surface area (Å²) in [5.74, 6) is -1.10. The molecule has 0 heterocycles. The van der Waals surface area contributed by atoms with Crippen molar-refractivity contribution in [1.29, 1.82) is 0 Å². The zero-order valence-electron chi connectivity index (χ0n) is 11.6. The Morgan fingerprint density at radius 1 is 1.06 bits per heavy atom. The third kappa shape index (κ3) is 7.27. The molecule has 106 valence electrons. The van der Waals surface area contributed by atoms with Gasteiger partial charge in [-0.25, -0.2) is 0 Å². The van der Waals surface area contributed by atoms with Gasteiger partial charge in [0.05, 0.1) is 11.8 Å². The largest absolute Gasteiger partial charge is 0.463 e. The average molecular weight is 260 g/mol. The lowest BCUT2D eigenvalue weighted by atomic mass is 10.1. The Morgan fingerprint density at radius 2 is 1.56 bits per heavy atom. The highest BCUT2D eigenvalue weighted by Crippen LogP contribution is 2.07. The Hall–Kier alpha value is -1.10. The summed E-state index contributed by atoms with van der Waals surface area (Å²) in [6.07, 6.45) is 0.702. The van der Waals surface area contributed by atoms with E-state index in [0.717, 1.165) is 12.8 Å². The molecule has 0 aliphatic heterocycles. The topological polar surface area (TPSA) is 72.8 Å². The number of hydrogen-bond donors (Lipinski definition) is 1. The standard InChI is InChI=1S/C13H24O5/c1-5-6-10(4)13(16)18-8-11(14)7-17-12(15)9(2)3/h9-11,14H,5-8H2,1-4H3. The van der Waals surface area contributed by atoms with Crippen LogP contribution in [-0.4, -0.2) is 36.4 Å². The summed E-state index contributed by atoms with van der Waals surface area (Å²) < 4.78 is 9.76. The van der Waals surface area contributed by atoms with Gasteiger partial charge in [0, 0.05) is 0 Å². The molecule has 2 unspecified atom stereocenters. The van der Waals surface area contributed by atoms with Crippen LogP contribution in [0.5, 0.6) is 0 Å². The highest BCUT2D eigenvalue weighted by molar-refractivity contribution is 5.72. The summed E-state index contributed by atoms with van der Waals surface area (Å²) in [6, 6.07) is 0. The first-order valence-corrected chi connectivity index (χ1v) is 6.39. The van der Waals surface area contributed by atoms with Gasteiger partial charge in [-0.15, -0.1) is 0 Å². The molecule has 0 fully saturated rings. The van der Waals surface area contributed by atoms with Crippen LogP contribution in [0.3, 0.4) is 0 Å². The molecule has 0 radical (unpaired) electrons. The Balaban J connectivity index is 3.79. The molecule has 0 aromatic heterocycles. The van der Waals surface area contributed by atoms with Crippen molar-refractivity contribution in [1.82, 2.24) is 0 Å². The second kappa shape index (κ2) is 8.91. The fourth-order valence-electron chi connectivity index (χ4n) is 1.26. The van der Waals surface area contributed by atoms with Crippen LogP contribution in [0, 0.1) is 11.8 Å². The van der Waals surface area contributed by atoms with Gasteiger partial charge in [0.2, 0.25) is 0 Å². The number of rotatable bonds is 8. The number of carbonyl (C=O) groups is 2. The van der Waals surface area contributed by atoms with Crippen molar-refractivity contribution < 1.29 is 24.2 Å². The first-order valence-electron chi connectivity index (χ1n) is 6.39. The average Bonchev–Trinajstić information content (AvgIpc) is 2.32. The summed E-state index contributed by atoms with van der Waals surface area (Å²) in [4.78, 5) is 22.6. The molecular weight excluding hydrogens is 236 g/mol. The second-order valence-electron chi connectivity index (χ2n) is 4.76. The molecule has 0 saturated heterocycles. The Labute approximate surface area is 108 Å². The maximum atomic E-state index is 11.4. The Morgan fingerprint density at radius 3 is 2.00 bits per heavy atom. The highest BCUT2D eigenvalue weighted by Gasteiger charge is 2.17. The van der Waals surface area contributed by atoms with Crippen LogP contribution in [-0.2, 0) is 19.1 Å². The summed E-state index contributed by atoms with van der Waals surface area (Å²) in [5.41, 5.74) is 0. The van der Waals surface area contributed by atoms with E-state index < -0.39 is 6.10 Å². The van der Waals surface area contributed by atoms with Crippen molar-refractivity contribution >= 4 is 11.9 Å². The first-order chi connectivity index (χ1) is 8.38. The SMILES string of the molecule is CCCC(C)C(=O)OCC(O)COC(=O)C(C)C. The minimum atomic E-state index is -0.967. The van der Waals surface area contributed by atoms with Gasteiger partial charge in [-0.05, 0) is 6.42 Å². The van der Waals surface area contributed by atoms with Crippen molar-refractivity contribution in [3.05, 3.63) is 0 Å². The van der Waals surface area contributed by atoms with Crippen LogP contribution >= 0.6 is 0 Å². The molecule has 0 amide bonds. The molecule has 5 heteroatoms. The van der Waals surface area contributed by atoms with E-state index in [1.807, 2.05) is 6.92 Å². The number of esters is 2. The molecular formula is C13H24O5. The fraction of sp³-hybridized carbons (Fsp3) is 0.846. The fourth-order valence-corrected chi connectivity index (χ4v) is 1.26. The predicted molar refractivity (Wildman–Crippen MR) is 66.8 cm³/mol. The lowest BCUT2D eigenvalue weighted by molar-refractivity contribution is -0.156. The molecule has 0 aromatic carbocycles. The van der Waals surface area contributed by atoms with Crippen molar-refractivity contribution in [3.63, 3.8) is 0 Å². The van der Waals surface area contributed by atoms with Gasteiger partial charge < -0.3 is 14.6 Å². The van der Waals surface area contributed by atoms with Gasteiger partial charge >= 0.3 is 11.9 Å². The molecule has 0 rings (SSSR count). The van der Waals surface area contributed by atoms with Crippen LogP contribution in [0.4, 0.5) is 0 Å². The normalized spacial score (nSPS) is 14.1. The lowest BCUT2D eigenvalue weighted by Crippen LogP contribution is -2.28. The Bertz CT molecular complexity index is 262. The molecule has 18 heavy (non-hydrogen) atoms. The number of carbonyl (C=O) groups excluding carboxylic acids is 2. The minimum absolute atomic E-state index is 0.141. The maximum Gasteiger partial charge on any atom is 0.308 e. The summed E-state index contributed by atoms with van der Waals surface area (Å²) in [7, 11) is 0. The predicted octanol–water partition coefficient (Wildman–Crippen LogP) is 1.53. The monoisotopic (exact) mass is 260 g/mol. The maximum absolute atomic E-state index is 11.4. The van der Waals surface area contributed by atoms with E-state index in [-0.39, 0.29) is 37.0 Å². The van der Waals surface area contributed by atoms with Crippen LogP contribution < -0.4 is 0 Å². The molecule has 0 spiro atoms. The zero-order chi connectivity index (χ0) is 14.1. The molecule has 0 saturated carbocycles. The summed E-state index contributed by atoms with van der Waals surface area (Å²) in [6.45, 7) is 6.91. The van der Waals surface area contributed by atoms with Gasteiger partial charge in [0.1, 0.15) is 19.3 Å². The molecule has 0 aromatic rings. The van der Waals surface area contributed by atoms with Crippen molar-refractivity contribution in [2.45, 2.75) is 46.6 Å². The number of ether oxygens (including phenoxy) is 2. The van der Waals surface area contributed by atoms with E-state index in [2.05, 4.69) is 0 Å². The van der Waals surface area contributed by atoms with Gasteiger partial charge in [-0.3, -0.25) is 9.59 Å². The molecule has 0 aliphatic carbocycles. The minimum Gasteiger partial charge on any atom is -0.463 e. The number of hydrogen-bond acceptors (Lipinski definition) is 5. The van der Waals surface area contributed by atoms with Gasteiger partial charge in [-0.2, -0.15) is 0 Å². The molecule has 2 atom stereocenters. The van der Waals surface area contributed by atoms with E-state index >= 15 is 0 Å². The molecule has 0 bridgehead atoms. The van der Waals surface area contributed by atoms with Crippen LogP contribution in [0.1, 0.15) is 40.5 Å². The third-order valence-electron chi connectivity index (χ3n) is 2.43. The first kappa shape index (κ1) is 16.9. The molecule has 0 aliphatic rings. The molecule has 1 N–H and O–H groups in total. The van der Waals surface area contributed by atoms with Crippen molar-refractivity contribution in [3.8, 4) is 0 Å². The zero-order valence-corrected chi connectivity index (χ0v) is 11.6. The second-order valence-corrected chi connectivity index (χ2v) is 4.76. The van der Waals surface area contributed by atoms with Crippen LogP contribution in [0.2, 0.25) is 0 Å². The quantitative estimate of drug-likeness (QED) is 0.670. The van der Waals surface area contributed by atoms with Gasteiger partial charge in [-0.1, -0.05) is 34.1 Å². The van der Waals surface area contributed by atoms with Gasteiger partial charge in [0.25, 0.3) is 0 Å². The van der Waals surface area contributed by atoms with Gasteiger partial charge in [0.15, 0.2) is 0 Å². The lowest BCUT2D eigenvalue weighted by Gasteiger charge is -2.15. The van der Waals surface area contributed by atoms with Crippen molar-refractivity contribution in [2.75, 3.05) is 13.2 Å². The van der Waals surface area contributed by atoms with Crippen LogP contribution in [0.25, 0.3) is 0 Å². The number of aliphatic hydroxyl groups is 1. The summed E-state index contributed by atoms with van der Waals surface area (Å²) >= 11 is 0. The van der Waals surface area contributed by atoms with E-state index in [4.69, 9.17) is 9.47 Å². The van der Waals surface area contributed by atoms with E-state index in [1.54, 1.807) is 20.8 Å². The van der Waals surface area contributed by atoms with E-state index in [1.165, 1.54) is 0 Å². The Kier molecular flexibility index (Phi) is 8.37. The third-order valence-corrected chi connectivity index (χ3v) is 2.43.